The fraction of sp³-hybridized carbons (Fsp3) is 0.462. The molecule has 7 nitrogen and oxygen atoms in total. The van der Waals surface area contributed by atoms with E-state index in [1.807, 2.05) is 0 Å². The summed E-state index contributed by atoms with van der Waals surface area (Å²) in [6.45, 7) is 5.46. The maximum absolute atomic E-state index is 11.3. The normalized spacial score (nSPS) is 12.2. The molecule has 0 atom stereocenters. The number of anilines is 2. The third-order valence-corrected chi connectivity index (χ3v) is 3.74. The minimum absolute atomic E-state index is 0.0198. The number of carboxylic acids is 1. The van der Waals surface area contributed by atoms with Crippen LogP contribution in [0.4, 0.5) is 11.4 Å². The van der Waals surface area contributed by atoms with E-state index in [1.165, 1.54) is 6.07 Å². The van der Waals surface area contributed by atoms with Crippen LogP contribution in [0.25, 0.3) is 0 Å². The number of sulfonamides is 1. The van der Waals surface area contributed by atoms with Gasteiger partial charge in [-0.15, -0.1) is 0 Å². The molecule has 8 heteroatoms. The van der Waals surface area contributed by atoms with Gasteiger partial charge < -0.3 is 16.2 Å². The monoisotopic (exact) mass is 315 g/mol. The number of nitrogen functional groups attached to an aromatic ring is 1. The van der Waals surface area contributed by atoms with Crippen LogP contribution in [0.2, 0.25) is 0 Å². The molecule has 0 spiro atoms. The number of carbonyl (C=O) groups is 1. The third kappa shape index (κ3) is 5.24. The molecule has 1 aromatic carbocycles. The Balaban J connectivity index is 2.92. The van der Waals surface area contributed by atoms with Crippen molar-refractivity contribution in [3.8, 4) is 0 Å². The average molecular weight is 315 g/mol. The molecule has 0 saturated carbocycles. The molecule has 0 aliphatic heterocycles. The number of nitrogens with one attached hydrogen (secondary N) is 2. The molecule has 0 heterocycles. The standard InChI is InChI=1S/C13H21N3O4S/c1-8-5-9(6-10(11(8)14)12(17)18)15-7-13(2,3)16-21(4,19)20/h5-6,15-16H,7,14H2,1-4H3,(H,17,18). The number of aryl methyl sites for hydroxylation is 1. The van der Waals surface area contributed by atoms with Gasteiger partial charge in [0.05, 0.1) is 11.8 Å². The minimum atomic E-state index is -3.33. The van der Waals surface area contributed by atoms with E-state index >= 15 is 0 Å². The van der Waals surface area contributed by atoms with Gasteiger partial charge in [0.1, 0.15) is 0 Å². The van der Waals surface area contributed by atoms with Crippen molar-refractivity contribution < 1.29 is 18.3 Å². The fourth-order valence-electron chi connectivity index (χ4n) is 1.94. The van der Waals surface area contributed by atoms with Gasteiger partial charge >= 0.3 is 5.97 Å². The first-order valence-electron chi connectivity index (χ1n) is 6.27. The van der Waals surface area contributed by atoms with Crippen LogP contribution in [-0.4, -0.2) is 37.8 Å². The Bertz CT molecular complexity index is 654. The molecule has 0 amide bonds. The van der Waals surface area contributed by atoms with E-state index < -0.39 is 21.5 Å². The number of hydrogen-bond acceptors (Lipinski definition) is 5. The van der Waals surface area contributed by atoms with Crippen LogP contribution in [0.5, 0.6) is 0 Å². The lowest BCUT2D eigenvalue weighted by atomic mass is 10.0. The zero-order valence-corrected chi connectivity index (χ0v) is 13.3. The summed E-state index contributed by atoms with van der Waals surface area (Å²) in [6.07, 6.45) is 1.09. The first-order valence-corrected chi connectivity index (χ1v) is 8.17. The number of hydrogen-bond donors (Lipinski definition) is 4. The second-order valence-corrected chi connectivity index (χ2v) is 7.42. The topological polar surface area (TPSA) is 122 Å². The molecule has 0 aliphatic carbocycles. The molecule has 0 saturated heterocycles. The van der Waals surface area contributed by atoms with Crippen molar-refractivity contribution in [3.63, 3.8) is 0 Å². The van der Waals surface area contributed by atoms with Crippen molar-refractivity contribution in [2.75, 3.05) is 23.9 Å². The van der Waals surface area contributed by atoms with Crippen molar-refractivity contribution in [2.24, 2.45) is 0 Å². The second-order valence-electron chi connectivity index (χ2n) is 5.67. The Hall–Kier alpha value is -1.80. The predicted molar refractivity (Wildman–Crippen MR) is 83.1 cm³/mol. The number of rotatable bonds is 6. The van der Waals surface area contributed by atoms with Crippen molar-refractivity contribution in [1.29, 1.82) is 0 Å². The van der Waals surface area contributed by atoms with Gasteiger partial charge in [0.2, 0.25) is 10.0 Å². The summed E-state index contributed by atoms with van der Waals surface area (Å²) in [4.78, 5) is 11.1. The molecule has 5 N–H and O–H groups in total. The van der Waals surface area contributed by atoms with Gasteiger partial charge in [-0.3, -0.25) is 0 Å². The maximum atomic E-state index is 11.3. The molecular formula is C13H21N3O4S. The zero-order valence-electron chi connectivity index (χ0n) is 12.5. The van der Waals surface area contributed by atoms with Gasteiger partial charge in [0.15, 0.2) is 0 Å². The fourth-order valence-corrected chi connectivity index (χ4v) is 3.01. The van der Waals surface area contributed by atoms with Crippen LogP contribution in [0, 0.1) is 6.92 Å². The average Bonchev–Trinajstić information content (AvgIpc) is 2.27. The molecule has 21 heavy (non-hydrogen) atoms. The van der Waals surface area contributed by atoms with Crippen molar-refractivity contribution in [2.45, 2.75) is 26.3 Å². The number of carboxylic acid groups (broad SMARTS) is 1. The Kier molecular flexibility index (Phi) is 4.85. The summed E-state index contributed by atoms with van der Waals surface area (Å²) >= 11 is 0. The van der Waals surface area contributed by atoms with Gasteiger partial charge in [0, 0.05) is 23.5 Å². The van der Waals surface area contributed by atoms with E-state index in [0.29, 0.717) is 17.8 Å². The summed E-state index contributed by atoms with van der Waals surface area (Å²) in [5.41, 5.74) is 6.46. The first kappa shape index (κ1) is 17.3. The largest absolute Gasteiger partial charge is 0.478 e. The Morgan fingerprint density at radius 1 is 1.38 bits per heavy atom. The molecule has 0 unspecified atom stereocenters. The highest BCUT2D eigenvalue weighted by molar-refractivity contribution is 7.88. The zero-order chi connectivity index (χ0) is 16.4. The summed E-state index contributed by atoms with van der Waals surface area (Å²) < 4.78 is 25.0. The smallest absolute Gasteiger partial charge is 0.337 e. The van der Waals surface area contributed by atoms with Crippen LogP contribution in [-0.2, 0) is 10.0 Å². The number of nitrogens with two attached hydrogens (primary N) is 1. The highest BCUT2D eigenvalue weighted by Crippen LogP contribution is 2.23. The Morgan fingerprint density at radius 2 is 1.95 bits per heavy atom. The lowest BCUT2D eigenvalue weighted by Gasteiger charge is -2.26. The highest BCUT2D eigenvalue weighted by atomic mass is 32.2. The molecular weight excluding hydrogens is 294 g/mol. The van der Waals surface area contributed by atoms with E-state index in [2.05, 4.69) is 10.0 Å². The van der Waals surface area contributed by atoms with Crippen molar-refractivity contribution >= 4 is 27.4 Å². The van der Waals surface area contributed by atoms with Crippen molar-refractivity contribution in [3.05, 3.63) is 23.3 Å². The van der Waals surface area contributed by atoms with E-state index in [0.717, 1.165) is 6.26 Å². The van der Waals surface area contributed by atoms with Gasteiger partial charge in [-0.25, -0.2) is 17.9 Å². The molecule has 1 rings (SSSR count). The van der Waals surface area contributed by atoms with Gasteiger partial charge in [-0.1, -0.05) is 0 Å². The lowest BCUT2D eigenvalue weighted by Crippen LogP contribution is -2.47. The number of benzene rings is 1. The van der Waals surface area contributed by atoms with E-state index in [-0.39, 0.29) is 11.3 Å². The quantitative estimate of drug-likeness (QED) is 0.581. The SMILES string of the molecule is Cc1cc(NCC(C)(C)NS(C)(=O)=O)cc(C(=O)O)c1N. The second kappa shape index (κ2) is 5.90. The van der Waals surface area contributed by atoms with Gasteiger partial charge in [-0.05, 0) is 38.5 Å². The predicted octanol–water partition coefficient (Wildman–Crippen LogP) is 1.02. The lowest BCUT2D eigenvalue weighted by molar-refractivity contribution is 0.0698. The minimum Gasteiger partial charge on any atom is -0.478 e. The molecule has 0 aromatic heterocycles. The van der Waals surface area contributed by atoms with Crippen LogP contribution >= 0.6 is 0 Å². The first-order chi connectivity index (χ1) is 9.41. The summed E-state index contributed by atoms with van der Waals surface area (Å²) in [5.74, 6) is -1.10. The summed E-state index contributed by atoms with van der Waals surface area (Å²) in [5, 5.41) is 12.1. The molecule has 118 valence electrons. The number of aromatic carboxylic acids is 1. The van der Waals surface area contributed by atoms with Gasteiger partial charge in [0.25, 0.3) is 0 Å². The maximum Gasteiger partial charge on any atom is 0.337 e. The van der Waals surface area contributed by atoms with Crippen LogP contribution in [0.15, 0.2) is 12.1 Å². The van der Waals surface area contributed by atoms with Gasteiger partial charge in [-0.2, -0.15) is 0 Å². The van der Waals surface area contributed by atoms with E-state index in [1.54, 1.807) is 26.8 Å². The van der Waals surface area contributed by atoms with Crippen LogP contribution < -0.4 is 15.8 Å². The third-order valence-electron chi connectivity index (χ3n) is 2.81. The Morgan fingerprint density at radius 3 is 2.43 bits per heavy atom. The summed E-state index contributed by atoms with van der Waals surface area (Å²) in [6, 6.07) is 3.15. The molecule has 0 aliphatic rings. The highest BCUT2D eigenvalue weighted by Gasteiger charge is 2.22. The van der Waals surface area contributed by atoms with Crippen LogP contribution in [0.1, 0.15) is 29.8 Å². The molecule has 0 bridgehead atoms. The molecule has 1 aromatic rings. The van der Waals surface area contributed by atoms with Crippen LogP contribution in [0.3, 0.4) is 0 Å². The van der Waals surface area contributed by atoms with Crippen molar-refractivity contribution in [1.82, 2.24) is 4.72 Å². The van der Waals surface area contributed by atoms with E-state index in [9.17, 15) is 13.2 Å². The summed E-state index contributed by atoms with van der Waals surface area (Å²) in [7, 11) is -3.33. The molecule has 0 radical (unpaired) electrons. The molecule has 0 fully saturated rings. The Labute approximate surface area is 124 Å². The van der Waals surface area contributed by atoms with E-state index in [4.69, 9.17) is 10.8 Å².